The van der Waals surface area contributed by atoms with Crippen LogP contribution in [0.5, 0.6) is 5.75 Å². The van der Waals surface area contributed by atoms with E-state index in [0.717, 1.165) is 17.7 Å². The van der Waals surface area contributed by atoms with Crippen molar-refractivity contribution in [2.75, 3.05) is 6.61 Å². The van der Waals surface area contributed by atoms with Crippen LogP contribution in [0, 0.1) is 0 Å². The van der Waals surface area contributed by atoms with E-state index in [-0.39, 0.29) is 5.56 Å². The molecular weight excluding hydrogens is 446 g/mol. The van der Waals surface area contributed by atoms with Gasteiger partial charge in [-0.25, -0.2) is 8.78 Å². The van der Waals surface area contributed by atoms with Gasteiger partial charge in [0.1, 0.15) is 30.2 Å². The summed E-state index contributed by atoms with van der Waals surface area (Å²) < 4.78 is 38.8. The number of aliphatic hydroxyl groups is 4. The van der Waals surface area contributed by atoms with Gasteiger partial charge in [-0.1, -0.05) is 54.6 Å². The van der Waals surface area contributed by atoms with Crippen molar-refractivity contribution in [2.24, 2.45) is 0 Å². The van der Waals surface area contributed by atoms with E-state index in [9.17, 15) is 29.2 Å². The first-order chi connectivity index (χ1) is 16.2. The molecule has 0 saturated carbocycles. The van der Waals surface area contributed by atoms with Crippen molar-refractivity contribution < 1.29 is 38.7 Å². The van der Waals surface area contributed by atoms with Crippen LogP contribution in [0.15, 0.2) is 60.7 Å². The Morgan fingerprint density at radius 1 is 0.912 bits per heavy atom. The lowest BCUT2D eigenvalue weighted by Crippen LogP contribution is -2.60. The highest BCUT2D eigenvalue weighted by atomic mass is 19.3. The van der Waals surface area contributed by atoms with Crippen LogP contribution in [0.3, 0.4) is 0 Å². The number of alkyl halides is 2. The second-order valence-electron chi connectivity index (χ2n) is 8.40. The van der Waals surface area contributed by atoms with Gasteiger partial charge in [0.05, 0.1) is 6.61 Å². The third-order valence-electron chi connectivity index (χ3n) is 5.82. The lowest BCUT2D eigenvalue weighted by atomic mass is 9.99. The highest BCUT2D eigenvalue weighted by molar-refractivity contribution is 5.88. The zero-order valence-corrected chi connectivity index (χ0v) is 18.4. The number of aliphatic hydroxyl groups excluding tert-OH is 4. The highest BCUT2D eigenvalue weighted by Gasteiger charge is 2.44. The van der Waals surface area contributed by atoms with Crippen LogP contribution in [0.1, 0.15) is 23.6 Å². The summed E-state index contributed by atoms with van der Waals surface area (Å²) in [5.74, 6) is -2.67. The lowest BCUT2D eigenvalue weighted by molar-refractivity contribution is -0.277. The molecule has 6 nitrogen and oxygen atoms in total. The quantitative estimate of drug-likeness (QED) is 0.411. The van der Waals surface area contributed by atoms with Gasteiger partial charge < -0.3 is 29.9 Å². The van der Waals surface area contributed by atoms with Crippen molar-refractivity contribution in [3.8, 4) is 5.75 Å². The summed E-state index contributed by atoms with van der Waals surface area (Å²) in [5.41, 5.74) is 1.03. The molecule has 1 fully saturated rings. The van der Waals surface area contributed by atoms with E-state index in [1.54, 1.807) is 30.4 Å². The Balaban J connectivity index is 1.69. The molecule has 34 heavy (non-hydrogen) atoms. The molecule has 1 saturated heterocycles. The molecule has 0 aliphatic carbocycles. The topological polar surface area (TPSA) is 99.4 Å². The van der Waals surface area contributed by atoms with Crippen molar-refractivity contribution in [3.63, 3.8) is 0 Å². The molecule has 4 N–H and O–H groups in total. The average molecular weight is 472 g/mol. The van der Waals surface area contributed by atoms with E-state index in [2.05, 4.69) is 0 Å². The summed E-state index contributed by atoms with van der Waals surface area (Å²) in [6.07, 6.45) is -3.75. The van der Waals surface area contributed by atoms with Crippen molar-refractivity contribution in [2.45, 2.75) is 43.6 Å². The lowest BCUT2D eigenvalue weighted by Gasteiger charge is -2.39. The fourth-order valence-corrected chi connectivity index (χ4v) is 3.86. The fourth-order valence-electron chi connectivity index (χ4n) is 3.86. The predicted octanol–water partition coefficient (Wildman–Crippen LogP) is 3.30. The molecule has 1 heterocycles. The number of hydrogen-bond acceptors (Lipinski definition) is 6. The van der Waals surface area contributed by atoms with E-state index < -0.39 is 43.2 Å². The van der Waals surface area contributed by atoms with Crippen molar-refractivity contribution in [1.82, 2.24) is 0 Å². The average Bonchev–Trinajstić information content (AvgIpc) is 2.82. The molecule has 1 aliphatic rings. The van der Waals surface area contributed by atoms with Gasteiger partial charge in [-0.2, -0.15) is 0 Å². The first-order valence-electron chi connectivity index (χ1n) is 10.8. The fraction of sp³-hybridized carbons (Fsp3) is 0.308. The number of benzene rings is 3. The van der Waals surface area contributed by atoms with E-state index in [1.807, 2.05) is 30.3 Å². The Labute approximate surface area is 195 Å². The molecule has 3 aromatic carbocycles. The number of halogens is 2. The van der Waals surface area contributed by atoms with Crippen molar-refractivity contribution in [1.29, 1.82) is 0 Å². The van der Waals surface area contributed by atoms with Gasteiger partial charge >= 0.3 is 0 Å². The van der Waals surface area contributed by atoms with E-state index in [1.165, 1.54) is 12.1 Å². The predicted molar refractivity (Wildman–Crippen MR) is 123 cm³/mol. The molecular formula is C26H26F2O6. The zero-order valence-electron chi connectivity index (χ0n) is 18.4. The van der Waals surface area contributed by atoms with Gasteiger partial charge in [0.15, 0.2) is 0 Å². The second kappa shape index (κ2) is 9.77. The Morgan fingerprint density at radius 2 is 1.62 bits per heavy atom. The van der Waals surface area contributed by atoms with Crippen LogP contribution < -0.4 is 4.74 Å². The van der Waals surface area contributed by atoms with E-state index in [4.69, 9.17) is 9.47 Å². The summed E-state index contributed by atoms with van der Waals surface area (Å²) in [6, 6.07) is 17.1. The molecule has 1 unspecified atom stereocenters. The standard InChI is InChI=1S/C26H26F2O6/c1-26(27,28)19-8-4-5-15(11-19)9-10-18-12-16-6-2-3-7-17(16)13-20(18)33-25-24(32)23(31)22(30)21(14-29)34-25/h2-13,21-25,29-32H,14H2,1H3/b10-9+/t21-,22-,23+,24-,25?/m1/s1. The first kappa shape index (κ1) is 24.3. The SMILES string of the molecule is CC(F)(F)c1cccc(/C=C/c2cc3ccccc3cc2OC2O[C@H](CO)[C@@H](O)[C@H](O)[C@H]2O)c1. The molecule has 0 bridgehead atoms. The van der Waals surface area contributed by atoms with Crippen LogP contribution in [-0.2, 0) is 10.7 Å². The molecule has 3 aromatic rings. The molecule has 4 rings (SSSR count). The van der Waals surface area contributed by atoms with Crippen molar-refractivity contribution >= 4 is 22.9 Å². The van der Waals surface area contributed by atoms with Crippen LogP contribution >= 0.6 is 0 Å². The summed E-state index contributed by atoms with van der Waals surface area (Å²) in [6.45, 7) is 0.263. The molecule has 5 atom stereocenters. The molecule has 8 heteroatoms. The summed E-state index contributed by atoms with van der Waals surface area (Å²) in [5, 5.41) is 41.6. The van der Waals surface area contributed by atoms with Crippen molar-refractivity contribution in [3.05, 3.63) is 77.4 Å². The number of rotatable bonds is 6. The Morgan fingerprint density at radius 3 is 2.29 bits per heavy atom. The van der Waals surface area contributed by atoms with E-state index in [0.29, 0.717) is 16.9 Å². The van der Waals surface area contributed by atoms with Crippen LogP contribution in [-0.4, -0.2) is 57.7 Å². The van der Waals surface area contributed by atoms with Crippen LogP contribution in [0.2, 0.25) is 0 Å². The third kappa shape index (κ3) is 5.11. The monoisotopic (exact) mass is 472 g/mol. The minimum atomic E-state index is -2.97. The summed E-state index contributed by atoms with van der Waals surface area (Å²) in [7, 11) is 0. The molecule has 0 aromatic heterocycles. The minimum Gasteiger partial charge on any atom is -0.461 e. The van der Waals surface area contributed by atoms with Crippen LogP contribution in [0.25, 0.3) is 22.9 Å². The maximum absolute atomic E-state index is 13.7. The molecule has 0 spiro atoms. The minimum absolute atomic E-state index is 0.106. The number of ether oxygens (including phenoxy) is 2. The Hall–Kier alpha value is -2.88. The highest BCUT2D eigenvalue weighted by Crippen LogP contribution is 2.32. The normalized spacial score (nSPS) is 25.7. The molecule has 1 aliphatic heterocycles. The van der Waals surface area contributed by atoms with Crippen LogP contribution in [0.4, 0.5) is 8.78 Å². The zero-order chi connectivity index (χ0) is 24.5. The maximum atomic E-state index is 13.7. The third-order valence-corrected chi connectivity index (χ3v) is 5.82. The van der Waals surface area contributed by atoms with E-state index >= 15 is 0 Å². The largest absolute Gasteiger partial charge is 0.461 e. The molecule has 0 amide bonds. The maximum Gasteiger partial charge on any atom is 0.270 e. The smallest absolute Gasteiger partial charge is 0.270 e. The number of hydrogen-bond donors (Lipinski definition) is 4. The summed E-state index contributed by atoms with van der Waals surface area (Å²) >= 11 is 0. The van der Waals surface area contributed by atoms with Gasteiger partial charge in [0.2, 0.25) is 6.29 Å². The first-order valence-corrected chi connectivity index (χ1v) is 10.8. The number of fused-ring (bicyclic) bond motifs is 1. The molecule has 180 valence electrons. The molecule has 0 radical (unpaired) electrons. The summed E-state index contributed by atoms with van der Waals surface area (Å²) in [4.78, 5) is 0. The Kier molecular flexibility index (Phi) is 6.97. The van der Waals surface area contributed by atoms with Gasteiger partial charge in [0.25, 0.3) is 5.92 Å². The van der Waals surface area contributed by atoms with Gasteiger partial charge in [-0.3, -0.25) is 0 Å². The Bertz CT molecular complexity index is 1170. The van der Waals surface area contributed by atoms with Gasteiger partial charge in [-0.15, -0.1) is 0 Å². The van der Waals surface area contributed by atoms with Gasteiger partial charge in [-0.05, 0) is 34.5 Å². The second-order valence-corrected chi connectivity index (χ2v) is 8.40. The van der Waals surface area contributed by atoms with Gasteiger partial charge in [0, 0.05) is 18.1 Å².